The summed E-state index contributed by atoms with van der Waals surface area (Å²) < 4.78 is 0. The molecule has 190 valence electrons. The molecule has 34 heavy (non-hydrogen) atoms. The van der Waals surface area contributed by atoms with Crippen LogP contribution in [-0.4, -0.2) is 93.0 Å². The maximum absolute atomic E-state index is 13.0. The Morgan fingerprint density at radius 3 is 2.00 bits per heavy atom. The average molecular weight is 501 g/mol. The van der Waals surface area contributed by atoms with Crippen LogP contribution < -0.4 is 21.7 Å². The maximum atomic E-state index is 13.0. The van der Waals surface area contributed by atoms with Crippen LogP contribution in [0.1, 0.15) is 18.9 Å². The minimum Gasteiger partial charge on any atom is -0.508 e. The second-order valence-electron chi connectivity index (χ2n) is 7.62. The number of phenols is 1. The molecular weight excluding hydrogens is 468 g/mol. The number of nitrogens with two attached hydrogens (primary N) is 1. The highest BCUT2D eigenvalue weighted by Gasteiger charge is 2.30. The Morgan fingerprint density at radius 2 is 1.50 bits per heavy atom. The summed E-state index contributed by atoms with van der Waals surface area (Å²) in [6.45, 7) is 0.476. The molecule has 0 saturated carbocycles. The highest BCUT2D eigenvalue weighted by atomic mass is 32.2. The van der Waals surface area contributed by atoms with Crippen LogP contribution in [0.15, 0.2) is 24.3 Å². The van der Waals surface area contributed by atoms with Gasteiger partial charge in [-0.05, 0) is 43.0 Å². The van der Waals surface area contributed by atoms with Gasteiger partial charge in [-0.25, -0.2) is 4.79 Å². The number of aliphatic hydroxyl groups excluding tert-OH is 2. The van der Waals surface area contributed by atoms with Crippen LogP contribution in [-0.2, 0) is 25.6 Å². The maximum Gasteiger partial charge on any atom is 0.328 e. The van der Waals surface area contributed by atoms with Gasteiger partial charge >= 0.3 is 5.97 Å². The standard InChI is InChI=1S/C21H32N4O8S/c1-11(27)17(22)20(31)23-14(7-8-34-2)18(29)24-15(9-12-3-5-13(28)6-4-12)19(30)25-16(10-26)21(32)33/h3-6,11,14-17,26-28H,7-10,22H2,1-2H3,(H,23,31)(H,24,29)(H,25,30)(H,32,33). The molecule has 0 bridgehead atoms. The number of thioether (sulfide) groups is 1. The molecule has 0 radical (unpaired) electrons. The second-order valence-corrected chi connectivity index (χ2v) is 8.61. The predicted molar refractivity (Wildman–Crippen MR) is 125 cm³/mol. The quantitative estimate of drug-likeness (QED) is 0.140. The minimum atomic E-state index is -1.58. The summed E-state index contributed by atoms with van der Waals surface area (Å²) in [4.78, 5) is 49.3. The Bertz CT molecular complexity index is 837. The lowest BCUT2D eigenvalue weighted by Crippen LogP contribution is -2.58. The van der Waals surface area contributed by atoms with Crippen molar-refractivity contribution >= 4 is 35.5 Å². The van der Waals surface area contributed by atoms with Crippen molar-refractivity contribution in [3.8, 4) is 5.75 Å². The van der Waals surface area contributed by atoms with Crippen molar-refractivity contribution in [2.75, 3.05) is 18.6 Å². The van der Waals surface area contributed by atoms with Gasteiger partial charge in [-0.3, -0.25) is 14.4 Å². The van der Waals surface area contributed by atoms with Crippen LogP contribution >= 0.6 is 11.8 Å². The molecule has 3 amide bonds. The molecule has 1 aromatic carbocycles. The van der Waals surface area contributed by atoms with Gasteiger partial charge in [0.15, 0.2) is 0 Å². The number of nitrogens with one attached hydrogen (secondary N) is 3. The van der Waals surface area contributed by atoms with Gasteiger partial charge < -0.3 is 42.1 Å². The summed E-state index contributed by atoms with van der Waals surface area (Å²) in [5.41, 5.74) is 6.19. The zero-order chi connectivity index (χ0) is 25.8. The largest absolute Gasteiger partial charge is 0.508 e. The molecule has 0 saturated heterocycles. The van der Waals surface area contributed by atoms with Crippen molar-refractivity contribution in [2.45, 2.75) is 50.0 Å². The molecular formula is C21H32N4O8S. The van der Waals surface area contributed by atoms with Crippen molar-refractivity contribution in [1.29, 1.82) is 0 Å². The first-order valence-electron chi connectivity index (χ1n) is 10.4. The molecule has 1 rings (SSSR count). The lowest BCUT2D eigenvalue weighted by Gasteiger charge is -2.25. The zero-order valence-electron chi connectivity index (χ0n) is 18.9. The third-order valence-corrected chi connectivity index (χ3v) is 5.52. The number of hydrogen-bond acceptors (Lipinski definition) is 9. The lowest BCUT2D eigenvalue weighted by molar-refractivity contribution is -0.143. The number of carboxylic acids is 1. The van der Waals surface area contributed by atoms with E-state index in [1.54, 1.807) is 6.26 Å². The Hall–Kier alpha value is -2.87. The van der Waals surface area contributed by atoms with Crippen molar-refractivity contribution in [1.82, 2.24) is 16.0 Å². The van der Waals surface area contributed by atoms with Crippen molar-refractivity contribution in [3.63, 3.8) is 0 Å². The SMILES string of the molecule is CSCCC(NC(=O)C(N)C(C)O)C(=O)NC(Cc1ccc(O)cc1)C(=O)NC(CO)C(=O)O. The van der Waals surface area contributed by atoms with E-state index in [0.29, 0.717) is 11.3 Å². The molecule has 13 heteroatoms. The van der Waals surface area contributed by atoms with Crippen LogP contribution in [0.4, 0.5) is 0 Å². The fourth-order valence-corrected chi connectivity index (χ4v) is 3.27. The predicted octanol–water partition coefficient (Wildman–Crippen LogP) is -2.07. The highest BCUT2D eigenvalue weighted by molar-refractivity contribution is 7.98. The van der Waals surface area contributed by atoms with Gasteiger partial charge in [-0.15, -0.1) is 0 Å². The van der Waals surface area contributed by atoms with Gasteiger partial charge in [0, 0.05) is 6.42 Å². The molecule has 1 aromatic rings. The van der Waals surface area contributed by atoms with Gasteiger partial charge in [0.25, 0.3) is 0 Å². The molecule has 9 N–H and O–H groups in total. The molecule has 0 aliphatic carbocycles. The number of benzene rings is 1. The van der Waals surface area contributed by atoms with Gasteiger partial charge in [0.2, 0.25) is 17.7 Å². The van der Waals surface area contributed by atoms with E-state index in [9.17, 15) is 34.5 Å². The van der Waals surface area contributed by atoms with Gasteiger partial charge in [0.05, 0.1) is 12.7 Å². The van der Waals surface area contributed by atoms with E-state index >= 15 is 0 Å². The van der Waals surface area contributed by atoms with E-state index in [2.05, 4.69) is 16.0 Å². The molecule has 0 aromatic heterocycles. The summed E-state index contributed by atoms with van der Waals surface area (Å²) in [7, 11) is 0. The molecule has 12 nitrogen and oxygen atoms in total. The highest BCUT2D eigenvalue weighted by Crippen LogP contribution is 2.12. The van der Waals surface area contributed by atoms with E-state index in [-0.39, 0.29) is 18.6 Å². The van der Waals surface area contributed by atoms with Crippen LogP contribution in [0, 0.1) is 0 Å². The molecule has 0 aliphatic heterocycles. The molecule has 0 aliphatic rings. The Kier molecular flexibility index (Phi) is 12.4. The van der Waals surface area contributed by atoms with Crippen LogP contribution in [0.25, 0.3) is 0 Å². The van der Waals surface area contributed by atoms with Crippen LogP contribution in [0.2, 0.25) is 0 Å². The summed E-state index contributed by atoms with van der Waals surface area (Å²) >= 11 is 1.42. The lowest BCUT2D eigenvalue weighted by atomic mass is 10.0. The summed E-state index contributed by atoms with van der Waals surface area (Å²) in [6, 6.07) is 0.646. The van der Waals surface area contributed by atoms with E-state index in [4.69, 9.17) is 10.8 Å². The molecule has 0 fully saturated rings. The van der Waals surface area contributed by atoms with E-state index < -0.39 is 60.6 Å². The molecule has 0 spiro atoms. The normalized spacial score (nSPS) is 15.3. The van der Waals surface area contributed by atoms with Crippen molar-refractivity contribution in [3.05, 3.63) is 29.8 Å². The monoisotopic (exact) mass is 500 g/mol. The fourth-order valence-electron chi connectivity index (χ4n) is 2.80. The summed E-state index contributed by atoms with van der Waals surface area (Å²) in [5.74, 6) is -3.30. The smallest absolute Gasteiger partial charge is 0.328 e. The number of aliphatic hydroxyl groups is 2. The average Bonchev–Trinajstić information content (AvgIpc) is 2.79. The zero-order valence-corrected chi connectivity index (χ0v) is 19.7. The van der Waals surface area contributed by atoms with Crippen LogP contribution in [0.3, 0.4) is 0 Å². The number of hydrogen-bond donors (Lipinski definition) is 8. The number of aliphatic carboxylic acids is 1. The van der Waals surface area contributed by atoms with E-state index in [0.717, 1.165) is 0 Å². The van der Waals surface area contributed by atoms with E-state index in [1.165, 1.54) is 43.0 Å². The Balaban J connectivity index is 3.10. The van der Waals surface area contributed by atoms with Crippen molar-refractivity contribution < 1.29 is 39.6 Å². The number of carbonyl (C=O) groups is 4. The first-order chi connectivity index (χ1) is 16.0. The molecule has 5 atom stereocenters. The van der Waals surface area contributed by atoms with Gasteiger partial charge in [-0.1, -0.05) is 12.1 Å². The molecule has 0 heterocycles. The first-order valence-corrected chi connectivity index (χ1v) is 11.8. The number of carboxylic acid groups (broad SMARTS) is 1. The van der Waals surface area contributed by atoms with Gasteiger partial charge in [-0.2, -0.15) is 11.8 Å². The number of carbonyl (C=O) groups excluding carboxylic acids is 3. The third-order valence-electron chi connectivity index (χ3n) is 4.87. The molecule has 5 unspecified atom stereocenters. The minimum absolute atomic E-state index is 0.00528. The topological polar surface area (TPSA) is 211 Å². The number of amides is 3. The number of phenolic OH excluding ortho intramolecular Hbond substituents is 1. The Labute approximate surface area is 201 Å². The Morgan fingerprint density at radius 1 is 0.971 bits per heavy atom. The summed E-state index contributed by atoms with van der Waals surface area (Å²) in [5, 5.41) is 44.5. The van der Waals surface area contributed by atoms with Crippen LogP contribution in [0.5, 0.6) is 5.75 Å². The van der Waals surface area contributed by atoms with Gasteiger partial charge in [0.1, 0.15) is 29.9 Å². The third kappa shape index (κ3) is 9.55. The fraction of sp³-hybridized carbons (Fsp3) is 0.524. The first kappa shape index (κ1) is 29.2. The van der Waals surface area contributed by atoms with Crippen molar-refractivity contribution in [2.24, 2.45) is 5.73 Å². The summed E-state index contributed by atoms with van der Waals surface area (Å²) in [6.07, 6.45) is 0.795. The number of rotatable bonds is 14. The number of aromatic hydroxyl groups is 1. The van der Waals surface area contributed by atoms with E-state index in [1.807, 2.05) is 0 Å². The second kappa shape index (κ2) is 14.4.